The van der Waals surface area contributed by atoms with E-state index in [1.54, 1.807) is 22.7 Å². The lowest BCUT2D eigenvalue weighted by Crippen LogP contribution is -2.38. The van der Waals surface area contributed by atoms with Gasteiger partial charge in [-0.3, -0.25) is 9.69 Å². The van der Waals surface area contributed by atoms with Gasteiger partial charge in [0.05, 0.1) is 12.1 Å². The lowest BCUT2D eigenvalue weighted by molar-refractivity contribution is -0.146. The van der Waals surface area contributed by atoms with E-state index in [1.165, 1.54) is 16.2 Å². The summed E-state index contributed by atoms with van der Waals surface area (Å²) in [4.78, 5) is 19.2. The summed E-state index contributed by atoms with van der Waals surface area (Å²) in [5, 5.41) is 1.69. The van der Waals surface area contributed by atoms with Crippen molar-refractivity contribution in [3.05, 3.63) is 16.6 Å². The predicted molar refractivity (Wildman–Crippen MR) is 74.3 cm³/mol. The molecule has 1 amide bonds. The molecule has 4 nitrogen and oxygen atoms in total. The third-order valence-corrected chi connectivity index (χ3v) is 4.18. The number of nitrogens with zero attached hydrogens (tertiary/aromatic N) is 3. The van der Waals surface area contributed by atoms with Crippen molar-refractivity contribution in [3.8, 4) is 0 Å². The summed E-state index contributed by atoms with van der Waals surface area (Å²) in [7, 11) is 0. The molecule has 1 aromatic rings. The van der Waals surface area contributed by atoms with E-state index >= 15 is 0 Å². The highest BCUT2D eigenvalue weighted by atomic mass is 32.1. The Kier molecular flexibility index (Phi) is 5.21. The number of alkyl halides is 3. The molecular formula is C13H18F3N3OS. The number of rotatable bonds is 5. The minimum atomic E-state index is -4.18. The third-order valence-electron chi connectivity index (χ3n) is 3.59. The Morgan fingerprint density at radius 2 is 2.33 bits per heavy atom. The molecule has 1 aromatic heterocycles. The molecular weight excluding hydrogens is 303 g/mol. The van der Waals surface area contributed by atoms with E-state index in [0.717, 1.165) is 6.42 Å². The van der Waals surface area contributed by atoms with Gasteiger partial charge in [-0.2, -0.15) is 13.2 Å². The molecule has 0 spiro atoms. The van der Waals surface area contributed by atoms with Crippen LogP contribution in [0, 0.1) is 5.92 Å². The van der Waals surface area contributed by atoms with E-state index in [-0.39, 0.29) is 11.8 Å². The van der Waals surface area contributed by atoms with Crippen LogP contribution in [0.15, 0.2) is 10.9 Å². The first-order valence-electron chi connectivity index (χ1n) is 6.85. The fourth-order valence-electron chi connectivity index (χ4n) is 2.57. The number of hydrogen-bond acceptors (Lipinski definition) is 4. The van der Waals surface area contributed by atoms with Crippen molar-refractivity contribution in [2.75, 3.05) is 32.7 Å². The molecule has 2 heterocycles. The van der Waals surface area contributed by atoms with Gasteiger partial charge < -0.3 is 4.90 Å². The van der Waals surface area contributed by atoms with E-state index in [4.69, 9.17) is 0 Å². The second-order valence-corrected chi connectivity index (χ2v) is 5.94. The second-order valence-electron chi connectivity index (χ2n) is 5.22. The predicted octanol–water partition coefficient (Wildman–Crippen LogP) is 2.49. The van der Waals surface area contributed by atoms with Crippen LogP contribution in [0.5, 0.6) is 0 Å². The Balaban J connectivity index is 1.86. The van der Waals surface area contributed by atoms with Crippen molar-refractivity contribution >= 4 is 17.2 Å². The summed E-state index contributed by atoms with van der Waals surface area (Å²) in [6.07, 6.45) is -3.44. The number of hydrogen-bond donors (Lipinski definition) is 0. The van der Waals surface area contributed by atoms with Crippen molar-refractivity contribution in [1.82, 2.24) is 14.8 Å². The average molecular weight is 321 g/mol. The summed E-state index contributed by atoms with van der Waals surface area (Å²) in [6, 6.07) is 0. The van der Waals surface area contributed by atoms with Gasteiger partial charge in [-0.1, -0.05) is 6.92 Å². The topological polar surface area (TPSA) is 36.4 Å². The zero-order valence-electron chi connectivity index (χ0n) is 11.8. The minimum Gasteiger partial charge on any atom is -0.337 e. The molecule has 0 N–H and O–H groups in total. The molecule has 1 aliphatic heterocycles. The molecule has 118 valence electrons. The summed E-state index contributed by atoms with van der Waals surface area (Å²) < 4.78 is 37.3. The number of carbonyl (C=O) groups excluding carboxylic acids is 1. The van der Waals surface area contributed by atoms with Crippen LogP contribution >= 0.6 is 11.3 Å². The Hall–Kier alpha value is -1.15. The maximum Gasteiger partial charge on any atom is 0.401 e. The quantitative estimate of drug-likeness (QED) is 0.836. The Bertz CT molecular complexity index is 464. The molecule has 0 bridgehead atoms. The van der Waals surface area contributed by atoms with Gasteiger partial charge in [0.15, 0.2) is 0 Å². The van der Waals surface area contributed by atoms with Gasteiger partial charge in [-0.05, 0) is 18.9 Å². The number of likely N-dealkylation sites (tertiary alicyclic amines) is 1. The summed E-state index contributed by atoms with van der Waals surface area (Å²) in [5.41, 5.74) is 2.02. The molecule has 8 heteroatoms. The number of halogens is 3. The van der Waals surface area contributed by atoms with Gasteiger partial charge in [0.2, 0.25) is 0 Å². The molecule has 0 unspecified atom stereocenters. The molecule has 0 aliphatic carbocycles. The molecule has 0 radical (unpaired) electrons. The zero-order chi connectivity index (χ0) is 15.5. The van der Waals surface area contributed by atoms with Crippen molar-refractivity contribution in [1.29, 1.82) is 0 Å². The Labute approximate surface area is 125 Å². The van der Waals surface area contributed by atoms with E-state index in [2.05, 4.69) is 4.98 Å². The fourth-order valence-corrected chi connectivity index (χ4v) is 3.10. The van der Waals surface area contributed by atoms with Gasteiger partial charge in [-0.25, -0.2) is 4.98 Å². The number of amides is 1. The first kappa shape index (κ1) is 16.2. The highest BCUT2D eigenvalue weighted by molar-refractivity contribution is 7.07. The summed E-state index contributed by atoms with van der Waals surface area (Å²) >= 11 is 1.36. The molecule has 21 heavy (non-hydrogen) atoms. The van der Waals surface area contributed by atoms with Gasteiger partial charge in [0.1, 0.15) is 5.69 Å². The van der Waals surface area contributed by atoms with E-state index in [1.807, 2.05) is 0 Å². The van der Waals surface area contributed by atoms with Crippen LogP contribution in [0.25, 0.3) is 0 Å². The number of thiazole rings is 1. The third kappa shape index (κ3) is 4.67. The van der Waals surface area contributed by atoms with E-state index in [0.29, 0.717) is 31.9 Å². The monoisotopic (exact) mass is 321 g/mol. The Morgan fingerprint density at radius 1 is 1.57 bits per heavy atom. The van der Waals surface area contributed by atoms with Crippen molar-refractivity contribution in [3.63, 3.8) is 0 Å². The smallest absolute Gasteiger partial charge is 0.337 e. The van der Waals surface area contributed by atoms with E-state index < -0.39 is 12.7 Å². The standard InChI is InChI=1S/C13H18F3N3OS/c1-2-18(8-13(14,15)16)5-10-3-4-19(6-10)12(20)11-7-21-9-17-11/h7,9-10H,2-6,8H2,1H3/t10-/m0/s1. The van der Waals surface area contributed by atoms with Crippen molar-refractivity contribution in [2.24, 2.45) is 5.92 Å². The van der Waals surface area contributed by atoms with Crippen molar-refractivity contribution in [2.45, 2.75) is 19.5 Å². The van der Waals surface area contributed by atoms with Crippen LogP contribution < -0.4 is 0 Å². The van der Waals surface area contributed by atoms with Crippen LogP contribution in [0.3, 0.4) is 0 Å². The van der Waals surface area contributed by atoms with E-state index in [9.17, 15) is 18.0 Å². The lowest BCUT2D eigenvalue weighted by Gasteiger charge is -2.25. The fraction of sp³-hybridized carbons (Fsp3) is 0.692. The second kappa shape index (κ2) is 6.74. The van der Waals surface area contributed by atoms with Gasteiger partial charge in [0, 0.05) is 25.0 Å². The largest absolute Gasteiger partial charge is 0.401 e. The summed E-state index contributed by atoms with van der Waals surface area (Å²) in [6.45, 7) is 2.65. The average Bonchev–Trinajstić information content (AvgIpc) is 3.06. The Morgan fingerprint density at radius 3 is 2.90 bits per heavy atom. The molecule has 1 saturated heterocycles. The van der Waals surface area contributed by atoms with Gasteiger partial charge in [0.25, 0.3) is 5.91 Å². The zero-order valence-corrected chi connectivity index (χ0v) is 12.6. The van der Waals surface area contributed by atoms with Crippen LogP contribution in [-0.4, -0.2) is 59.6 Å². The molecule has 0 aromatic carbocycles. The molecule has 1 atom stereocenters. The maximum absolute atomic E-state index is 12.4. The first-order valence-corrected chi connectivity index (χ1v) is 7.80. The maximum atomic E-state index is 12.4. The SMILES string of the molecule is CCN(C[C@@H]1CCN(C(=O)c2cscn2)C1)CC(F)(F)F. The summed E-state index contributed by atoms with van der Waals surface area (Å²) in [5.74, 6) is -0.0347. The normalized spacial score (nSPS) is 19.5. The molecule has 1 aliphatic rings. The molecule has 1 fully saturated rings. The van der Waals surface area contributed by atoms with Crippen LogP contribution in [0.1, 0.15) is 23.8 Å². The van der Waals surface area contributed by atoms with Crippen LogP contribution in [0.2, 0.25) is 0 Å². The number of aromatic nitrogens is 1. The first-order chi connectivity index (χ1) is 9.89. The van der Waals surface area contributed by atoms with Crippen LogP contribution in [0.4, 0.5) is 13.2 Å². The van der Waals surface area contributed by atoms with Gasteiger partial charge >= 0.3 is 6.18 Å². The molecule has 0 saturated carbocycles. The molecule has 2 rings (SSSR count). The highest BCUT2D eigenvalue weighted by Crippen LogP contribution is 2.22. The highest BCUT2D eigenvalue weighted by Gasteiger charge is 2.33. The number of carbonyl (C=O) groups is 1. The van der Waals surface area contributed by atoms with Gasteiger partial charge in [-0.15, -0.1) is 11.3 Å². The lowest BCUT2D eigenvalue weighted by atomic mass is 10.1. The van der Waals surface area contributed by atoms with Crippen LogP contribution in [-0.2, 0) is 0 Å². The minimum absolute atomic E-state index is 0.0925. The van der Waals surface area contributed by atoms with Crippen molar-refractivity contribution < 1.29 is 18.0 Å².